The van der Waals surface area contributed by atoms with E-state index in [2.05, 4.69) is 38.1 Å². The molecule has 0 atom stereocenters. The van der Waals surface area contributed by atoms with Crippen LogP contribution < -0.4 is 14.9 Å². The van der Waals surface area contributed by atoms with Crippen molar-refractivity contribution in [3.8, 4) is 22.6 Å². The van der Waals surface area contributed by atoms with E-state index in [4.69, 9.17) is 21.1 Å². The van der Waals surface area contributed by atoms with E-state index in [-0.39, 0.29) is 22.8 Å². The fraction of sp³-hybridized carbons (Fsp3) is 0.0645. The molecule has 218 valence electrons. The molecule has 0 saturated carbocycles. The van der Waals surface area contributed by atoms with E-state index in [9.17, 15) is 22.8 Å². The summed E-state index contributed by atoms with van der Waals surface area (Å²) in [5.41, 5.74) is 4.14. The number of rotatable bonds is 7. The number of amides is 1. The summed E-state index contributed by atoms with van der Waals surface area (Å²) in [6, 6.07) is 21.3. The topological polar surface area (TPSA) is 92.8 Å². The Hall–Kier alpha value is -4.36. The van der Waals surface area contributed by atoms with Gasteiger partial charge in [-0.1, -0.05) is 48.0 Å². The highest BCUT2D eigenvalue weighted by molar-refractivity contribution is 14.1. The van der Waals surface area contributed by atoms with E-state index in [0.29, 0.717) is 27.8 Å². The molecule has 7 nitrogen and oxygen atoms in total. The Morgan fingerprint density at radius 3 is 2.49 bits per heavy atom. The van der Waals surface area contributed by atoms with Gasteiger partial charge in [0.1, 0.15) is 5.69 Å². The number of alkyl halides is 3. The highest BCUT2D eigenvalue weighted by Gasteiger charge is 2.31. The molecular weight excluding hydrogens is 698 g/mol. The van der Waals surface area contributed by atoms with Gasteiger partial charge in [0.25, 0.3) is 5.91 Å². The van der Waals surface area contributed by atoms with Crippen LogP contribution in [0.4, 0.5) is 13.2 Å². The van der Waals surface area contributed by atoms with Crippen LogP contribution in [0.1, 0.15) is 32.0 Å². The van der Waals surface area contributed by atoms with E-state index in [1.807, 2.05) is 30.3 Å². The maximum Gasteiger partial charge on any atom is 0.416 e. The molecule has 0 aliphatic rings. The molecule has 4 aromatic carbocycles. The fourth-order valence-corrected chi connectivity index (χ4v) is 5.21. The maximum absolute atomic E-state index is 13.3. The van der Waals surface area contributed by atoms with Crippen LogP contribution in [0.3, 0.4) is 0 Å². The predicted molar refractivity (Wildman–Crippen MR) is 166 cm³/mol. The van der Waals surface area contributed by atoms with Gasteiger partial charge in [0.2, 0.25) is 0 Å². The Morgan fingerprint density at radius 2 is 1.74 bits per heavy atom. The van der Waals surface area contributed by atoms with E-state index < -0.39 is 23.6 Å². The van der Waals surface area contributed by atoms with Gasteiger partial charge in [0.15, 0.2) is 11.5 Å². The average Bonchev–Trinajstić information content (AvgIpc) is 3.38. The lowest BCUT2D eigenvalue weighted by Crippen LogP contribution is -2.19. The van der Waals surface area contributed by atoms with Crippen LogP contribution in [0.5, 0.6) is 11.5 Å². The van der Waals surface area contributed by atoms with Crippen molar-refractivity contribution in [2.24, 2.45) is 5.10 Å². The number of benzene rings is 4. The van der Waals surface area contributed by atoms with Crippen molar-refractivity contribution in [1.29, 1.82) is 0 Å². The molecule has 2 N–H and O–H groups in total. The third kappa shape index (κ3) is 6.52. The van der Waals surface area contributed by atoms with Crippen LogP contribution in [0.25, 0.3) is 22.0 Å². The van der Waals surface area contributed by atoms with E-state index in [1.165, 1.54) is 37.6 Å². The first kappa shape index (κ1) is 30.1. The molecule has 1 heterocycles. The summed E-state index contributed by atoms with van der Waals surface area (Å²) >= 11 is 8.67. The molecule has 0 aliphatic carbocycles. The summed E-state index contributed by atoms with van der Waals surface area (Å²) in [6.07, 6.45) is -3.24. The Morgan fingerprint density at radius 1 is 0.977 bits per heavy atom. The SMILES string of the molecule is COc1cc(C=NNC(=O)c2[nH]c3c(I)cccc3c2-c2ccccc2Cl)ccc1OC(=O)c1cccc(C(F)(F)F)c1. The molecule has 0 spiro atoms. The van der Waals surface area contributed by atoms with Crippen LogP contribution in [-0.2, 0) is 6.18 Å². The third-order valence-corrected chi connectivity index (χ3v) is 7.58. The number of hydrogen-bond acceptors (Lipinski definition) is 5. The summed E-state index contributed by atoms with van der Waals surface area (Å²) in [6.45, 7) is 0. The van der Waals surface area contributed by atoms with Crippen molar-refractivity contribution in [3.63, 3.8) is 0 Å². The lowest BCUT2D eigenvalue weighted by molar-refractivity contribution is -0.137. The molecule has 0 fully saturated rings. The van der Waals surface area contributed by atoms with Crippen molar-refractivity contribution in [3.05, 3.63) is 116 Å². The Balaban J connectivity index is 1.35. The molecule has 0 aliphatic heterocycles. The number of hydrogen-bond donors (Lipinski definition) is 2. The summed E-state index contributed by atoms with van der Waals surface area (Å²) in [4.78, 5) is 29.0. The number of ether oxygens (including phenoxy) is 2. The van der Waals surface area contributed by atoms with Crippen molar-refractivity contribution in [2.75, 3.05) is 7.11 Å². The summed E-state index contributed by atoms with van der Waals surface area (Å²) < 4.78 is 50.6. The van der Waals surface area contributed by atoms with Gasteiger partial charge in [-0.2, -0.15) is 18.3 Å². The molecule has 1 amide bonds. The van der Waals surface area contributed by atoms with Crippen molar-refractivity contribution >= 4 is 63.2 Å². The molecule has 1 aromatic heterocycles. The van der Waals surface area contributed by atoms with Gasteiger partial charge in [-0.15, -0.1) is 0 Å². The number of H-pyrrole nitrogens is 1. The molecular formula is C31H20ClF3IN3O4. The number of carbonyl (C=O) groups excluding carboxylic acids is 2. The quantitative estimate of drug-likeness (QED) is 0.0585. The first-order chi connectivity index (χ1) is 20.6. The standard InChI is InChI=1S/C31H20ClF3IN3O4/c1-42-25-14-17(12-13-24(25)43-30(41)18-6-4-7-19(15-18)31(33,34)35)16-37-39-29(40)28-26(20-8-2-3-10-22(20)32)21-9-5-11-23(36)27(21)38-28/h2-16,38H,1H3,(H,39,40). The first-order valence-electron chi connectivity index (χ1n) is 12.5. The number of nitrogens with one attached hydrogen (secondary N) is 2. The molecule has 0 unspecified atom stereocenters. The van der Waals surface area contributed by atoms with Gasteiger partial charge in [-0.25, -0.2) is 10.2 Å². The van der Waals surface area contributed by atoms with Gasteiger partial charge in [-0.05, 0) is 76.7 Å². The molecule has 0 radical (unpaired) electrons. The number of fused-ring (bicyclic) bond motifs is 1. The minimum absolute atomic E-state index is 0.0110. The van der Waals surface area contributed by atoms with Gasteiger partial charge >= 0.3 is 12.1 Å². The Labute approximate surface area is 261 Å². The number of esters is 1. The zero-order valence-corrected chi connectivity index (χ0v) is 25.0. The van der Waals surface area contributed by atoms with Gasteiger partial charge in [0, 0.05) is 25.1 Å². The molecule has 12 heteroatoms. The van der Waals surface area contributed by atoms with E-state index >= 15 is 0 Å². The number of nitrogens with zero attached hydrogens (tertiary/aromatic N) is 1. The average molecular weight is 718 g/mol. The molecule has 0 bridgehead atoms. The van der Waals surface area contributed by atoms with Crippen LogP contribution in [-0.4, -0.2) is 30.2 Å². The molecule has 43 heavy (non-hydrogen) atoms. The predicted octanol–water partition coefficient (Wildman–Crippen LogP) is 8.10. The normalized spacial score (nSPS) is 11.6. The molecule has 5 rings (SSSR count). The van der Waals surface area contributed by atoms with Crippen LogP contribution >= 0.6 is 34.2 Å². The highest BCUT2D eigenvalue weighted by Crippen LogP contribution is 2.38. The number of hydrazone groups is 1. The van der Waals surface area contributed by atoms with Crippen molar-refractivity contribution in [2.45, 2.75) is 6.18 Å². The second-order valence-electron chi connectivity index (χ2n) is 9.09. The lowest BCUT2D eigenvalue weighted by atomic mass is 10.0. The number of halogens is 5. The molecule has 0 saturated heterocycles. The maximum atomic E-state index is 13.3. The summed E-state index contributed by atoms with van der Waals surface area (Å²) in [5, 5.41) is 5.38. The minimum Gasteiger partial charge on any atom is -0.493 e. The van der Waals surface area contributed by atoms with Crippen LogP contribution in [0, 0.1) is 3.57 Å². The fourth-order valence-electron chi connectivity index (χ4n) is 4.35. The third-order valence-electron chi connectivity index (χ3n) is 6.35. The number of para-hydroxylation sites is 1. The summed E-state index contributed by atoms with van der Waals surface area (Å²) in [7, 11) is 1.34. The van der Waals surface area contributed by atoms with Gasteiger partial charge in [0.05, 0.1) is 30.0 Å². The van der Waals surface area contributed by atoms with Gasteiger partial charge < -0.3 is 14.5 Å². The highest BCUT2D eigenvalue weighted by atomic mass is 127. The van der Waals surface area contributed by atoms with Crippen molar-refractivity contribution < 1.29 is 32.2 Å². The largest absolute Gasteiger partial charge is 0.493 e. The zero-order chi connectivity index (χ0) is 30.7. The van der Waals surface area contributed by atoms with Crippen LogP contribution in [0.2, 0.25) is 5.02 Å². The summed E-state index contributed by atoms with van der Waals surface area (Å²) in [5.74, 6) is -1.37. The molecule has 5 aromatic rings. The zero-order valence-electron chi connectivity index (χ0n) is 22.1. The first-order valence-corrected chi connectivity index (χ1v) is 14.0. The minimum atomic E-state index is -4.60. The monoisotopic (exact) mass is 717 g/mol. The number of aromatic nitrogens is 1. The Kier molecular flexibility index (Phi) is 8.74. The van der Waals surface area contributed by atoms with Crippen molar-refractivity contribution in [1.82, 2.24) is 10.4 Å². The van der Waals surface area contributed by atoms with Crippen LogP contribution in [0.15, 0.2) is 90.0 Å². The second-order valence-corrected chi connectivity index (χ2v) is 10.7. The smallest absolute Gasteiger partial charge is 0.416 e. The number of methoxy groups -OCH3 is 1. The number of aromatic amines is 1. The van der Waals surface area contributed by atoms with E-state index in [1.54, 1.807) is 12.1 Å². The second kappa shape index (κ2) is 12.5. The lowest BCUT2D eigenvalue weighted by Gasteiger charge is -2.11. The van der Waals surface area contributed by atoms with Gasteiger partial charge in [-0.3, -0.25) is 4.79 Å². The Bertz CT molecular complexity index is 1890. The number of carbonyl (C=O) groups is 2. The van der Waals surface area contributed by atoms with E-state index in [0.717, 1.165) is 26.6 Å².